The third kappa shape index (κ3) is 4.71. The van der Waals surface area contributed by atoms with Crippen LogP contribution in [0.2, 0.25) is 0 Å². The standard InChI is InChI=1S/C23H30BrNO2S/c1-17(2)15-25(28(26,27)20-12-10-19(24)11-13-20)16-22-21(23(22,3)4)14-18-8-6-5-7-9-18/h10-13,22H,1,5-9,15-16H2,2-4H3. The third-order valence-electron chi connectivity index (χ3n) is 5.88. The predicted octanol–water partition coefficient (Wildman–Crippen LogP) is 6.09. The molecule has 1 unspecified atom stereocenters. The van der Waals surface area contributed by atoms with Crippen LogP contribution in [-0.4, -0.2) is 25.8 Å². The Hall–Kier alpha value is -1.13. The topological polar surface area (TPSA) is 37.4 Å². The van der Waals surface area contributed by atoms with Crippen LogP contribution in [-0.2, 0) is 10.0 Å². The fourth-order valence-corrected chi connectivity index (χ4v) is 5.79. The van der Waals surface area contributed by atoms with Crippen molar-refractivity contribution in [1.82, 2.24) is 4.31 Å². The number of halogens is 1. The molecule has 2 aliphatic carbocycles. The van der Waals surface area contributed by atoms with E-state index in [0.29, 0.717) is 18.0 Å². The Balaban J connectivity index is 1.88. The fourth-order valence-electron chi connectivity index (χ4n) is 4.01. The lowest BCUT2D eigenvalue weighted by Crippen LogP contribution is -2.35. The molecule has 0 heterocycles. The van der Waals surface area contributed by atoms with Gasteiger partial charge in [0.25, 0.3) is 0 Å². The zero-order valence-electron chi connectivity index (χ0n) is 17.1. The minimum Gasteiger partial charge on any atom is -0.207 e. The monoisotopic (exact) mass is 463 g/mol. The van der Waals surface area contributed by atoms with Crippen molar-refractivity contribution in [3.05, 3.63) is 57.8 Å². The molecule has 5 heteroatoms. The van der Waals surface area contributed by atoms with Crippen molar-refractivity contribution in [3.63, 3.8) is 0 Å². The summed E-state index contributed by atoms with van der Waals surface area (Å²) in [6.45, 7) is 11.1. The summed E-state index contributed by atoms with van der Waals surface area (Å²) in [5.74, 6) is 0.214. The molecule has 0 radical (unpaired) electrons. The second kappa shape index (κ2) is 8.31. The van der Waals surface area contributed by atoms with Gasteiger partial charge in [0.2, 0.25) is 10.0 Å². The van der Waals surface area contributed by atoms with Gasteiger partial charge in [-0.25, -0.2) is 8.42 Å². The number of nitrogens with zero attached hydrogens (tertiary/aromatic N) is 1. The number of hydrogen-bond acceptors (Lipinski definition) is 2. The summed E-state index contributed by atoms with van der Waals surface area (Å²) in [6.07, 6.45) is 6.09. The van der Waals surface area contributed by atoms with Crippen LogP contribution in [0.15, 0.2) is 62.7 Å². The van der Waals surface area contributed by atoms with Crippen LogP contribution in [0, 0.1) is 11.3 Å². The van der Waals surface area contributed by atoms with Crippen LogP contribution in [0.1, 0.15) is 52.9 Å². The zero-order valence-corrected chi connectivity index (χ0v) is 19.5. The molecular weight excluding hydrogens is 434 g/mol. The van der Waals surface area contributed by atoms with E-state index in [2.05, 4.69) is 42.1 Å². The van der Waals surface area contributed by atoms with E-state index in [-0.39, 0.29) is 11.3 Å². The Kier molecular flexibility index (Phi) is 6.41. The van der Waals surface area contributed by atoms with Gasteiger partial charge in [0.1, 0.15) is 0 Å². The average molecular weight is 464 g/mol. The molecule has 0 saturated heterocycles. The molecule has 0 aliphatic heterocycles. The molecule has 28 heavy (non-hydrogen) atoms. The molecule has 152 valence electrons. The van der Waals surface area contributed by atoms with E-state index in [0.717, 1.165) is 22.9 Å². The van der Waals surface area contributed by atoms with Crippen LogP contribution in [0.4, 0.5) is 0 Å². The SMILES string of the molecule is C=C(C)CN(CC1C(=C=C2CCCCC2)C1(C)C)S(=O)(=O)c1ccc(Br)cc1. The number of rotatable bonds is 6. The molecule has 1 atom stereocenters. The van der Waals surface area contributed by atoms with E-state index in [1.807, 2.05) is 6.92 Å². The van der Waals surface area contributed by atoms with Gasteiger partial charge >= 0.3 is 0 Å². The molecule has 1 aromatic carbocycles. The van der Waals surface area contributed by atoms with Gasteiger partial charge in [-0.05, 0) is 68.0 Å². The Morgan fingerprint density at radius 1 is 1.21 bits per heavy atom. The first-order valence-electron chi connectivity index (χ1n) is 10.0. The van der Waals surface area contributed by atoms with Crippen LogP contribution in [0.3, 0.4) is 0 Å². The van der Waals surface area contributed by atoms with Gasteiger partial charge in [0.15, 0.2) is 0 Å². The lowest BCUT2D eigenvalue weighted by molar-refractivity contribution is 0.392. The molecule has 3 nitrogen and oxygen atoms in total. The molecule has 0 bridgehead atoms. The Morgan fingerprint density at radius 3 is 2.39 bits per heavy atom. The summed E-state index contributed by atoms with van der Waals surface area (Å²) in [5, 5.41) is 0. The van der Waals surface area contributed by atoms with E-state index >= 15 is 0 Å². The molecule has 3 rings (SSSR count). The quantitative estimate of drug-likeness (QED) is 0.378. The van der Waals surface area contributed by atoms with Crippen LogP contribution in [0.5, 0.6) is 0 Å². The number of benzene rings is 1. The summed E-state index contributed by atoms with van der Waals surface area (Å²) in [7, 11) is -3.57. The summed E-state index contributed by atoms with van der Waals surface area (Å²) < 4.78 is 29.0. The maximum Gasteiger partial charge on any atom is 0.243 e. The van der Waals surface area contributed by atoms with E-state index in [4.69, 9.17) is 0 Å². The smallest absolute Gasteiger partial charge is 0.207 e. The van der Waals surface area contributed by atoms with E-state index in [9.17, 15) is 8.42 Å². The predicted molar refractivity (Wildman–Crippen MR) is 119 cm³/mol. The Bertz CT molecular complexity index is 914. The van der Waals surface area contributed by atoms with Gasteiger partial charge in [0, 0.05) is 28.9 Å². The van der Waals surface area contributed by atoms with Crippen molar-refractivity contribution in [2.45, 2.75) is 57.8 Å². The second-order valence-corrected chi connectivity index (χ2v) is 11.5. The van der Waals surface area contributed by atoms with E-state index in [1.165, 1.54) is 30.4 Å². The van der Waals surface area contributed by atoms with Gasteiger partial charge < -0.3 is 0 Å². The summed E-state index contributed by atoms with van der Waals surface area (Å²) in [5.41, 5.74) is 7.22. The molecule has 0 spiro atoms. The van der Waals surface area contributed by atoms with Gasteiger partial charge in [-0.1, -0.05) is 48.4 Å². The van der Waals surface area contributed by atoms with Crippen molar-refractivity contribution >= 4 is 26.0 Å². The highest BCUT2D eigenvalue weighted by Crippen LogP contribution is 2.58. The maximum atomic E-state index is 13.3. The van der Waals surface area contributed by atoms with Crippen LogP contribution < -0.4 is 0 Å². The van der Waals surface area contributed by atoms with Gasteiger partial charge in [-0.2, -0.15) is 4.31 Å². The fraction of sp³-hybridized carbons (Fsp3) is 0.522. The Morgan fingerprint density at radius 2 is 1.82 bits per heavy atom. The van der Waals surface area contributed by atoms with Crippen LogP contribution >= 0.6 is 15.9 Å². The Labute approximate surface area is 178 Å². The zero-order chi connectivity index (χ0) is 20.5. The highest BCUT2D eigenvalue weighted by molar-refractivity contribution is 9.10. The highest BCUT2D eigenvalue weighted by atomic mass is 79.9. The molecule has 2 aliphatic rings. The highest BCUT2D eigenvalue weighted by Gasteiger charge is 2.54. The molecule has 2 saturated carbocycles. The maximum absolute atomic E-state index is 13.3. The summed E-state index contributed by atoms with van der Waals surface area (Å²) in [6, 6.07) is 6.85. The van der Waals surface area contributed by atoms with Gasteiger partial charge in [-0.3, -0.25) is 0 Å². The lowest BCUT2D eigenvalue weighted by Gasteiger charge is -2.23. The molecule has 0 N–H and O–H groups in total. The van der Waals surface area contributed by atoms with Crippen molar-refractivity contribution in [3.8, 4) is 0 Å². The third-order valence-corrected chi connectivity index (χ3v) is 8.24. The lowest BCUT2D eigenvalue weighted by atomic mass is 9.95. The molecule has 1 aromatic rings. The number of sulfonamides is 1. The minimum absolute atomic E-state index is 0.00695. The van der Waals surface area contributed by atoms with E-state index in [1.54, 1.807) is 28.6 Å². The van der Waals surface area contributed by atoms with Gasteiger partial charge in [-0.15, -0.1) is 5.73 Å². The van der Waals surface area contributed by atoms with E-state index < -0.39 is 10.0 Å². The van der Waals surface area contributed by atoms with Crippen molar-refractivity contribution in [1.29, 1.82) is 0 Å². The number of hydrogen-bond donors (Lipinski definition) is 0. The van der Waals surface area contributed by atoms with Gasteiger partial charge in [0.05, 0.1) is 4.90 Å². The first-order chi connectivity index (χ1) is 13.1. The largest absolute Gasteiger partial charge is 0.243 e. The first kappa shape index (κ1) is 21.6. The average Bonchev–Trinajstić information content (AvgIpc) is 3.14. The molecule has 2 fully saturated rings. The summed E-state index contributed by atoms with van der Waals surface area (Å²) >= 11 is 3.37. The van der Waals surface area contributed by atoms with Crippen molar-refractivity contribution < 1.29 is 8.42 Å². The van der Waals surface area contributed by atoms with Crippen molar-refractivity contribution in [2.75, 3.05) is 13.1 Å². The second-order valence-electron chi connectivity index (χ2n) is 8.69. The summed E-state index contributed by atoms with van der Waals surface area (Å²) in [4.78, 5) is 0.326. The molecular formula is C23H30BrNO2S. The minimum atomic E-state index is -3.57. The first-order valence-corrected chi connectivity index (χ1v) is 12.2. The van der Waals surface area contributed by atoms with Crippen molar-refractivity contribution in [2.24, 2.45) is 11.3 Å². The molecule has 0 amide bonds. The normalized spacial score (nSPS) is 21.5. The molecule has 0 aromatic heterocycles. The van der Waals surface area contributed by atoms with Crippen LogP contribution in [0.25, 0.3) is 0 Å².